The normalized spacial score (nSPS) is 22.4. The summed E-state index contributed by atoms with van der Waals surface area (Å²) in [6.07, 6.45) is 6.81. The van der Waals surface area contributed by atoms with Crippen LogP contribution < -0.4 is 4.90 Å². The highest BCUT2D eigenvalue weighted by atomic mass is 16.5. The zero-order valence-corrected chi connectivity index (χ0v) is 16.4. The Labute approximate surface area is 165 Å². The van der Waals surface area contributed by atoms with Crippen LogP contribution in [0.2, 0.25) is 0 Å². The highest BCUT2D eigenvalue weighted by Gasteiger charge is 2.27. The molecule has 4 heterocycles. The van der Waals surface area contributed by atoms with Gasteiger partial charge in [0.25, 0.3) is 0 Å². The van der Waals surface area contributed by atoms with Crippen LogP contribution in [0.25, 0.3) is 0 Å². The second kappa shape index (κ2) is 8.32. The van der Waals surface area contributed by atoms with E-state index < -0.39 is 0 Å². The van der Waals surface area contributed by atoms with Crippen molar-refractivity contribution in [1.29, 1.82) is 0 Å². The molecule has 0 amide bonds. The van der Waals surface area contributed by atoms with Crippen molar-refractivity contribution < 1.29 is 14.3 Å². The number of carbonyl (C=O) groups is 1. The van der Waals surface area contributed by atoms with Crippen LogP contribution in [0, 0.1) is 0 Å². The number of fused-ring (bicyclic) bond motifs is 1. The summed E-state index contributed by atoms with van der Waals surface area (Å²) in [5.74, 6) is 0.904. The van der Waals surface area contributed by atoms with E-state index in [4.69, 9.17) is 14.5 Å². The van der Waals surface area contributed by atoms with Crippen LogP contribution in [0.15, 0.2) is 24.7 Å². The minimum atomic E-state index is 0.0525. The van der Waals surface area contributed by atoms with Crippen LogP contribution in [0.1, 0.15) is 41.2 Å². The maximum absolute atomic E-state index is 13.2. The van der Waals surface area contributed by atoms with Gasteiger partial charge in [0, 0.05) is 49.4 Å². The summed E-state index contributed by atoms with van der Waals surface area (Å²) in [5.41, 5.74) is 3.41. The summed E-state index contributed by atoms with van der Waals surface area (Å²) in [4.78, 5) is 28.7. The largest absolute Gasteiger partial charge is 0.381 e. The Morgan fingerprint density at radius 3 is 2.71 bits per heavy atom. The molecule has 28 heavy (non-hydrogen) atoms. The van der Waals surface area contributed by atoms with Gasteiger partial charge < -0.3 is 14.4 Å². The topological polar surface area (TPSA) is 77.4 Å². The Kier molecular flexibility index (Phi) is 5.64. The quantitative estimate of drug-likeness (QED) is 0.749. The Bertz CT molecular complexity index is 833. The molecular weight excluding hydrogens is 356 g/mol. The molecule has 2 aromatic rings. The highest BCUT2D eigenvalue weighted by molar-refractivity contribution is 5.99. The van der Waals surface area contributed by atoms with E-state index in [1.807, 2.05) is 6.07 Å². The van der Waals surface area contributed by atoms with Crippen molar-refractivity contribution >= 4 is 11.6 Å². The monoisotopic (exact) mass is 382 g/mol. The molecular formula is C21H26N4O3. The zero-order valence-electron chi connectivity index (χ0n) is 16.4. The van der Waals surface area contributed by atoms with Gasteiger partial charge in [0.05, 0.1) is 37.5 Å². The van der Waals surface area contributed by atoms with Gasteiger partial charge in [0.15, 0.2) is 5.78 Å². The van der Waals surface area contributed by atoms with Gasteiger partial charge in [0.1, 0.15) is 5.82 Å². The number of pyridine rings is 1. The van der Waals surface area contributed by atoms with Gasteiger partial charge in [-0.25, -0.2) is 4.98 Å². The Balaban J connectivity index is 1.70. The van der Waals surface area contributed by atoms with Crippen LogP contribution in [0.3, 0.4) is 0 Å². The lowest BCUT2D eigenvalue weighted by Gasteiger charge is -2.36. The van der Waals surface area contributed by atoms with Gasteiger partial charge in [-0.15, -0.1) is 0 Å². The molecule has 0 unspecified atom stereocenters. The SMILES string of the molecule is C[C@@H]1CN(c2cc(C(=O)Cc3cnccn3)c3c(n2)CCOCC3)C[C@H](C)O1. The maximum Gasteiger partial charge on any atom is 0.169 e. The molecule has 1 fully saturated rings. The number of ketones is 1. The van der Waals surface area contributed by atoms with Crippen LogP contribution >= 0.6 is 0 Å². The number of hydrogen-bond donors (Lipinski definition) is 0. The maximum atomic E-state index is 13.2. The summed E-state index contributed by atoms with van der Waals surface area (Å²) in [5, 5.41) is 0. The average molecular weight is 382 g/mol. The third-order valence-corrected chi connectivity index (χ3v) is 5.18. The molecule has 0 bridgehead atoms. The first-order valence-corrected chi connectivity index (χ1v) is 9.89. The number of morpholine rings is 1. The predicted octanol–water partition coefficient (Wildman–Crippen LogP) is 2.03. The molecule has 0 spiro atoms. The lowest BCUT2D eigenvalue weighted by molar-refractivity contribution is -0.00547. The molecule has 0 N–H and O–H groups in total. The van der Waals surface area contributed by atoms with Crippen molar-refractivity contribution in [2.45, 2.75) is 45.3 Å². The fourth-order valence-electron chi connectivity index (χ4n) is 4.00. The van der Waals surface area contributed by atoms with Gasteiger partial charge in [-0.1, -0.05) is 0 Å². The van der Waals surface area contributed by atoms with E-state index in [0.29, 0.717) is 25.3 Å². The van der Waals surface area contributed by atoms with E-state index in [-0.39, 0.29) is 24.4 Å². The highest BCUT2D eigenvalue weighted by Crippen LogP contribution is 2.26. The summed E-state index contributed by atoms with van der Waals surface area (Å²) < 4.78 is 11.5. The molecule has 148 valence electrons. The average Bonchev–Trinajstić information content (AvgIpc) is 2.92. The van der Waals surface area contributed by atoms with E-state index in [9.17, 15) is 4.79 Å². The first-order valence-electron chi connectivity index (χ1n) is 9.89. The first kappa shape index (κ1) is 19.0. The van der Waals surface area contributed by atoms with Gasteiger partial charge in [-0.05, 0) is 31.9 Å². The second-order valence-corrected chi connectivity index (χ2v) is 7.52. The van der Waals surface area contributed by atoms with Crippen molar-refractivity contribution in [2.75, 3.05) is 31.2 Å². The van der Waals surface area contributed by atoms with Crippen LogP contribution in [-0.2, 0) is 28.7 Å². The molecule has 0 saturated carbocycles. The van der Waals surface area contributed by atoms with Gasteiger partial charge in [-0.2, -0.15) is 0 Å². The van der Waals surface area contributed by atoms with Crippen LogP contribution in [0.4, 0.5) is 5.82 Å². The van der Waals surface area contributed by atoms with Gasteiger partial charge in [-0.3, -0.25) is 14.8 Å². The molecule has 7 nitrogen and oxygen atoms in total. The number of aromatic nitrogens is 3. The molecule has 1 saturated heterocycles. The fourth-order valence-corrected chi connectivity index (χ4v) is 4.00. The van der Waals surface area contributed by atoms with Crippen molar-refractivity contribution in [3.05, 3.63) is 47.2 Å². The summed E-state index contributed by atoms with van der Waals surface area (Å²) in [6.45, 7) is 6.93. The molecule has 0 aliphatic carbocycles. The third kappa shape index (κ3) is 4.20. The molecule has 0 aromatic carbocycles. The van der Waals surface area contributed by atoms with Crippen molar-refractivity contribution in [3.63, 3.8) is 0 Å². The first-order chi connectivity index (χ1) is 13.6. The molecule has 0 radical (unpaired) electrons. The standard InChI is InChI=1S/C21H26N4O3/c1-14-12-25(13-15(2)28-14)21-10-18(17-3-7-27-8-4-19(17)24-21)20(26)9-16-11-22-5-6-23-16/h5-6,10-11,14-15H,3-4,7-9,12-13H2,1-2H3/t14-,15+. The summed E-state index contributed by atoms with van der Waals surface area (Å²) >= 11 is 0. The van der Waals surface area contributed by atoms with E-state index in [0.717, 1.165) is 42.1 Å². The van der Waals surface area contributed by atoms with Crippen LogP contribution in [0.5, 0.6) is 0 Å². The van der Waals surface area contributed by atoms with Gasteiger partial charge >= 0.3 is 0 Å². The summed E-state index contributed by atoms with van der Waals surface area (Å²) in [6, 6.07) is 1.95. The van der Waals surface area contributed by atoms with Crippen molar-refractivity contribution in [3.8, 4) is 0 Å². The third-order valence-electron chi connectivity index (χ3n) is 5.18. The molecule has 2 aromatic heterocycles. The smallest absolute Gasteiger partial charge is 0.169 e. The van der Waals surface area contributed by atoms with E-state index in [2.05, 4.69) is 28.7 Å². The zero-order chi connectivity index (χ0) is 19.5. The molecule has 2 aliphatic rings. The molecule has 2 atom stereocenters. The fraction of sp³-hybridized carbons (Fsp3) is 0.524. The number of hydrogen-bond acceptors (Lipinski definition) is 7. The predicted molar refractivity (Wildman–Crippen MR) is 105 cm³/mol. The lowest BCUT2D eigenvalue weighted by atomic mass is 9.96. The number of carbonyl (C=O) groups excluding carboxylic acids is 1. The van der Waals surface area contributed by atoms with Gasteiger partial charge in [0.2, 0.25) is 0 Å². The Morgan fingerprint density at radius 1 is 1.18 bits per heavy atom. The van der Waals surface area contributed by atoms with Crippen LogP contribution in [-0.4, -0.2) is 59.2 Å². The van der Waals surface area contributed by atoms with E-state index in [1.165, 1.54) is 0 Å². The number of Topliss-reactive ketones (excluding diaryl/α,β-unsaturated/α-hetero) is 1. The summed E-state index contributed by atoms with van der Waals surface area (Å²) in [7, 11) is 0. The number of rotatable bonds is 4. The number of ether oxygens (including phenoxy) is 2. The lowest BCUT2D eigenvalue weighted by Crippen LogP contribution is -2.46. The number of nitrogens with zero attached hydrogens (tertiary/aromatic N) is 4. The molecule has 7 heteroatoms. The van der Waals surface area contributed by atoms with E-state index in [1.54, 1.807) is 18.6 Å². The van der Waals surface area contributed by atoms with Crippen molar-refractivity contribution in [1.82, 2.24) is 15.0 Å². The molecule has 4 rings (SSSR count). The molecule has 2 aliphatic heterocycles. The van der Waals surface area contributed by atoms with Crippen molar-refractivity contribution in [2.24, 2.45) is 0 Å². The van der Waals surface area contributed by atoms with E-state index >= 15 is 0 Å². The Hall–Kier alpha value is -2.38. The second-order valence-electron chi connectivity index (χ2n) is 7.52. The minimum absolute atomic E-state index is 0.0525. The Morgan fingerprint density at radius 2 is 1.96 bits per heavy atom. The minimum Gasteiger partial charge on any atom is -0.381 e. The number of anilines is 1.